The molecule has 120 valence electrons. The molecule has 0 unspecified atom stereocenters. The van der Waals surface area contributed by atoms with Gasteiger partial charge < -0.3 is 4.98 Å². The second-order valence-corrected chi connectivity index (χ2v) is 5.89. The summed E-state index contributed by atoms with van der Waals surface area (Å²) < 4.78 is 0.449. The van der Waals surface area contributed by atoms with Crippen LogP contribution in [0.3, 0.4) is 0 Å². The van der Waals surface area contributed by atoms with Gasteiger partial charge in [0.25, 0.3) is 0 Å². The lowest BCUT2D eigenvalue weighted by Gasteiger charge is -2.02. The van der Waals surface area contributed by atoms with Crippen molar-refractivity contribution in [3.8, 4) is 6.07 Å². The standard InChI is InChI=1S/C22H16N2S/c23-16-21-19(13-11-17-7-3-1-4-8-17)15-20(24-22(21)25)14-12-18-9-5-2-6-10-18/h1-15H,(H,24,25)/b13-11+,14-12+. The number of hydrogen-bond donors (Lipinski definition) is 1. The maximum absolute atomic E-state index is 9.41. The van der Waals surface area contributed by atoms with Gasteiger partial charge in [-0.15, -0.1) is 0 Å². The highest BCUT2D eigenvalue weighted by Gasteiger charge is 2.03. The molecule has 0 amide bonds. The van der Waals surface area contributed by atoms with E-state index in [9.17, 15) is 5.26 Å². The van der Waals surface area contributed by atoms with Crippen LogP contribution in [-0.4, -0.2) is 4.98 Å². The Balaban J connectivity index is 1.96. The molecule has 1 N–H and O–H groups in total. The van der Waals surface area contributed by atoms with Crippen molar-refractivity contribution in [1.82, 2.24) is 4.98 Å². The van der Waals surface area contributed by atoms with Gasteiger partial charge in [0.2, 0.25) is 0 Å². The molecule has 0 aliphatic rings. The maximum atomic E-state index is 9.41. The van der Waals surface area contributed by atoms with E-state index in [-0.39, 0.29) is 0 Å². The number of aromatic amines is 1. The van der Waals surface area contributed by atoms with Crippen molar-refractivity contribution in [2.75, 3.05) is 0 Å². The summed E-state index contributed by atoms with van der Waals surface area (Å²) in [6.07, 6.45) is 7.89. The molecular weight excluding hydrogens is 324 g/mol. The van der Waals surface area contributed by atoms with Crippen LogP contribution in [0.5, 0.6) is 0 Å². The van der Waals surface area contributed by atoms with Crippen LogP contribution < -0.4 is 0 Å². The lowest BCUT2D eigenvalue weighted by Crippen LogP contribution is -1.91. The molecule has 0 bridgehead atoms. The molecule has 2 aromatic carbocycles. The number of nitrogens with zero attached hydrogens (tertiary/aromatic N) is 1. The predicted octanol–water partition coefficient (Wildman–Crippen LogP) is 5.96. The number of pyridine rings is 1. The van der Waals surface area contributed by atoms with E-state index < -0.39 is 0 Å². The third kappa shape index (κ3) is 4.41. The van der Waals surface area contributed by atoms with Crippen molar-refractivity contribution in [3.05, 3.63) is 99.3 Å². The van der Waals surface area contributed by atoms with E-state index in [0.29, 0.717) is 10.2 Å². The van der Waals surface area contributed by atoms with Gasteiger partial charge in [0.1, 0.15) is 10.7 Å². The van der Waals surface area contributed by atoms with Gasteiger partial charge in [0, 0.05) is 5.69 Å². The van der Waals surface area contributed by atoms with Crippen LogP contribution in [0.15, 0.2) is 66.7 Å². The summed E-state index contributed by atoms with van der Waals surface area (Å²) in [5.74, 6) is 0. The Labute approximate surface area is 152 Å². The Morgan fingerprint density at radius 2 is 1.36 bits per heavy atom. The molecule has 0 saturated heterocycles. The Morgan fingerprint density at radius 3 is 1.92 bits per heavy atom. The van der Waals surface area contributed by atoms with Crippen molar-refractivity contribution < 1.29 is 0 Å². The molecule has 0 aliphatic heterocycles. The van der Waals surface area contributed by atoms with Crippen molar-refractivity contribution in [3.63, 3.8) is 0 Å². The summed E-state index contributed by atoms with van der Waals surface area (Å²) in [7, 11) is 0. The fourth-order valence-electron chi connectivity index (χ4n) is 2.44. The lowest BCUT2D eigenvalue weighted by molar-refractivity contribution is 1.24. The van der Waals surface area contributed by atoms with Gasteiger partial charge in [-0.1, -0.05) is 91.1 Å². The number of benzene rings is 2. The third-order valence-corrected chi connectivity index (χ3v) is 4.01. The van der Waals surface area contributed by atoms with Crippen molar-refractivity contribution in [1.29, 1.82) is 5.26 Å². The molecule has 0 radical (unpaired) electrons. The van der Waals surface area contributed by atoms with Crippen molar-refractivity contribution in [2.24, 2.45) is 0 Å². The van der Waals surface area contributed by atoms with Crippen LogP contribution in [0, 0.1) is 16.0 Å². The summed E-state index contributed by atoms with van der Waals surface area (Å²) in [4.78, 5) is 3.11. The van der Waals surface area contributed by atoms with Crippen LogP contribution in [0.25, 0.3) is 24.3 Å². The molecule has 3 aromatic rings. The van der Waals surface area contributed by atoms with Gasteiger partial charge in [-0.25, -0.2) is 0 Å². The first-order valence-corrected chi connectivity index (χ1v) is 8.31. The molecule has 3 heteroatoms. The first-order valence-electron chi connectivity index (χ1n) is 7.90. The molecular formula is C22H16N2S. The summed E-state index contributed by atoms with van der Waals surface area (Å²) in [5, 5.41) is 9.41. The topological polar surface area (TPSA) is 39.6 Å². The van der Waals surface area contributed by atoms with Crippen molar-refractivity contribution >= 4 is 36.5 Å². The largest absolute Gasteiger partial charge is 0.345 e. The van der Waals surface area contributed by atoms with Gasteiger partial charge in [-0.05, 0) is 28.8 Å². The fraction of sp³-hybridized carbons (Fsp3) is 0. The summed E-state index contributed by atoms with van der Waals surface area (Å²) >= 11 is 5.34. The molecule has 0 saturated carbocycles. The summed E-state index contributed by atoms with van der Waals surface area (Å²) in [5.41, 5.74) is 4.33. The zero-order valence-electron chi connectivity index (χ0n) is 13.5. The van der Waals surface area contributed by atoms with Crippen molar-refractivity contribution in [2.45, 2.75) is 0 Å². The Morgan fingerprint density at radius 1 is 0.800 bits per heavy atom. The van der Waals surface area contributed by atoms with E-state index >= 15 is 0 Å². The number of hydrogen-bond acceptors (Lipinski definition) is 2. The van der Waals surface area contributed by atoms with E-state index in [1.54, 1.807) is 0 Å². The predicted molar refractivity (Wildman–Crippen MR) is 107 cm³/mol. The van der Waals surface area contributed by atoms with Crippen LogP contribution >= 0.6 is 12.2 Å². The zero-order valence-corrected chi connectivity index (χ0v) is 14.3. The minimum Gasteiger partial charge on any atom is -0.345 e. The molecule has 1 aromatic heterocycles. The molecule has 1 heterocycles. The van der Waals surface area contributed by atoms with E-state index in [2.05, 4.69) is 11.1 Å². The summed E-state index contributed by atoms with van der Waals surface area (Å²) in [6, 6.07) is 24.1. The number of nitriles is 1. The Bertz CT molecular complexity index is 1010. The average Bonchev–Trinajstić information content (AvgIpc) is 2.66. The van der Waals surface area contributed by atoms with E-state index in [4.69, 9.17) is 12.2 Å². The van der Waals surface area contributed by atoms with Gasteiger partial charge in [0.05, 0.1) is 5.56 Å². The molecule has 0 atom stereocenters. The van der Waals surface area contributed by atoms with Gasteiger partial charge >= 0.3 is 0 Å². The van der Waals surface area contributed by atoms with Crippen LogP contribution in [0.1, 0.15) is 27.9 Å². The number of nitrogens with one attached hydrogen (secondary N) is 1. The number of aromatic nitrogens is 1. The second-order valence-electron chi connectivity index (χ2n) is 5.48. The maximum Gasteiger partial charge on any atom is 0.122 e. The quantitative estimate of drug-likeness (QED) is 0.595. The first kappa shape index (κ1) is 16.6. The minimum atomic E-state index is 0.449. The average molecular weight is 340 g/mol. The third-order valence-electron chi connectivity index (χ3n) is 3.71. The highest BCUT2D eigenvalue weighted by molar-refractivity contribution is 7.71. The van der Waals surface area contributed by atoms with E-state index in [0.717, 1.165) is 22.4 Å². The minimum absolute atomic E-state index is 0.449. The number of H-pyrrole nitrogens is 1. The Hall–Kier alpha value is -3.22. The first-order chi connectivity index (χ1) is 12.3. The molecule has 0 spiro atoms. The molecule has 0 aliphatic carbocycles. The van der Waals surface area contributed by atoms with Gasteiger partial charge in [-0.3, -0.25) is 0 Å². The highest BCUT2D eigenvalue weighted by Crippen LogP contribution is 2.17. The van der Waals surface area contributed by atoms with Crippen LogP contribution in [0.2, 0.25) is 0 Å². The van der Waals surface area contributed by atoms with Crippen LogP contribution in [0.4, 0.5) is 0 Å². The van der Waals surface area contributed by atoms with Crippen LogP contribution in [-0.2, 0) is 0 Å². The SMILES string of the molecule is N#Cc1c(/C=C/c2ccccc2)cc(/C=C/c2ccccc2)[nH]c1=S. The number of rotatable bonds is 4. The summed E-state index contributed by atoms with van der Waals surface area (Å²) in [6.45, 7) is 0. The van der Waals surface area contributed by atoms with Gasteiger partial charge in [-0.2, -0.15) is 5.26 Å². The normalized spacial score (nSPS) is 11.0. The molecule has 0 fully saturated rings. The van der Waals surface area contributed by atoms with Gasteiger partial charge in [0.15, 0.2) is 0 Å². The lowest BCUT2D eigenvalue weighted by atomic mass is 10.1. The fourth-order valence-corrected chi connectivity index (χ4v) is 2.72. The zero-order chi connectivity index (χ0) is 17.5. The smallest absolute Gasteiger partial charge is 0.122 e. The molecule has 3 rings (SSSR count). The molecule has 25 heavy (non-hydrogen) atoms. The van der Waals surface area contributed by atoms with E-state index in [1.165, 1.54) is 0 Å². The molecule has 2 nitrogen and oxygen atoms in total. The monoisotopic (exact) mass is 340 g/mol. The van der Waals surface area contributed by atoms with E-state index in [1.807, 2.05) is 91.0 Å². The highest BCUT2D eigenvalue weighted by atomic mass is 32.1. The second kappa shape index (κ2) is 8.05. The Kier molecular flexibility index (Phi) is 5.36.